The van der Waals surface area contributed by atoms with Gasteiger partial charge in [0.05, 0.1) is 40.4 Å². The zero-order chi connectivity index (χ0) is 31.9. The molecule has 2 saturated carbocycles. The second-order valence-electron chi connectivity index (χ2n) is 13.1. The molecule has 1 saturated heterocycles. The van der Waals surface area contributed by atoms with Crippen molar-refractivity contribution < 1.29 is 19.2 Å². The lowest BCUT2D eigenvalue weighted by Crippen LogP contribution is -2.47. The van der Waals surface area contributed by atoms with Crippen LogP contribution in [-0.4, -0.2) is 94.4 Å². The number of anilines is 2. The second kappa shape index (κ2) is 12.3. The largest absolute Gasteiger partial charge is 0.385 e. The number of imide groups is 1. The van der Waals surface area contributed by atoms with Gasteiger partial charge in [0.25, 0.3) is 11.8 Å². The van der Waals surface area contributed by atoms with E-state index in [4.69, 9.17) is 15.8 Å². The molecular weight excluding hydrogens is 584 g/mol. The fourth-order valence-electron chi connectivity index (χ4n) is 6.87. The average molecular weight is 625 g/mol. The van der Waals surface area contributed by atoms with Gasteiger partial charge in [0.15, 0.2) is 0 Å². The number of piperazine rings is 1. The lowest BCUT2D eigenvalue weighted by molar-refractivity contribution is -0.122. The van der Waals surface area contributed by atoms with Gasteiger partial charge in [-0.15, -0.1) is 0 Å². The Morgan fingerprint density at radius 2 is 1.80 bits per heavy atom. The van der Waals surface area contributed by atoms with E-state index in [1.54, 1.807) is 18.2 Å². The van der Waals surface area contributed by atoms with Crippen LogP contribution in [0.3, 0.4) is 0 Å². The number of nitrogens with one attached hydrogen (secondary N) is 1. The van der Waals surface area contributed by atoms with Crippen LogP contribution in [0.2, 0.25) is 0 Å². The van der Waals surface area contributed by atoms with Crippen molar-refractivity contribution in [3.05, 3.63) is 59.5 Å². The summed E-state index contributed by atoms with van der Waals surface area (Å²) in [4.78, 5) is 59.4. The molecule has 1 unspecified atom stereocenters. The Labute approximate surface area is 267 Å². The molecule has 3 N–H and O–H groups in total. The van der Waals surface area contributed by atoms with E-state index >= 15 is 0 Å². The lowest BCUT2D eigenvalue weighted by atomic mass is 9.80. The van der Waals surface area contributed by atoms with Gasteiger partial charge in [0.2, 0.25) is 5.91 Å². The molecule has 0 spiro atoms. The quantitative estimate of drug-likeness (QED) is 0.229. The molecule has 3 amide bonds. The molecule has 0 radical (unpaired) electrons. The number of benzene rings is 1. The molecule has 2 aliphatic carbocycles. The monoisotopic (exact) mass is 624 g/mol. The Bertz CT molecular complexity index is 1650. The van der Waals surface area contributed by atoms with Gasteiger partial charge in [-0.3, -0.25) is 28.9 Å². The van der Waals surface area contributed by atoms with E-state index in [-0.39, 0.29) is 24.0 Å². The maximum Gasteiger partial charge on any atom is 0.262 e. The molecule has 2 aliphatic heterocycles. The summed E-state index contributed by atoms with van der Waals surface area (Å²) in [5, 5.41) is 8.49. The number of amides is 3. The number of likely N-dealkylation sites (N-methyl/N-ethyl adjacent to an activating group) is 1. The van der Waals surface area contributed by atoms with E-state index in [1.165, 1.54) is 18.5 Å². The predicted octanol–water partition coefficient (Wildman–Crippen LogP) is 3.07. The van der Waals surface area contributed by atoms with Crippen molar-refractivity contribution in [2.24, 2.45) is 11.7 Å². The van der Waals surface area contributed by atoms with Crippen LogP contribution in [0.25, 0.3) is 11.3 Å². The van der Waals surface area contributed by atoms with Crippen molar-refractivity contribution in [3.8, 4) is 11.3 Å². The maximum atomic E-state index is 13.1. The molecule has 3 fully saturated rings. The van der Waals surface area contributed by atoms with E-state index in [0.29, 0.717) is 24.2 Å². The Hall–Kier alpha value is -4.58. The third-order valence-electron chi connectivity index (χ3n) is 9.91. The maximum absolute atomic E-state index is 13.1. The van der Waals surface area contributed by atoms with Gasteiger partial charge in [-0.1, -0.05) is 0 Å². The summed E-state index contributed by atoms with van der Waals surface area (Å²) in [6.45, 7) is 4.89. The van der Waals surface area contributed by atoms with Crippen LogP contribution in [0.15, 0.2) is 42.7 Å². The first-order chi connectivity index (χ1) is 22.3. The number of aromatic nitrogens is 3. The van der Waals surface area contributed by atoms with Gasteiger partial charge < -0.3 is 25.6 Å². The number of rotatable bonds is 12. The molecule has 4 heterocycles. The highest BCUT2D eigenvalue weighted by molar-refractivity contribution is 6.23. The number of nitrogens with two attached hydrogens (primary N) is 1. The lowest BCUT2D eigenvalue weighted by Gasteiger charge is -2.35. The van der Waals surface area contributed by atoms with Crippen LogP contribution >= 0.6 is 0 Å². The van der Waals surface area contributed by atoms with Crippen molar-refractivity contribution in [1.82, 2.24) is 24.6 Å². The van der Waals surface area contributed by atoms with Crippen LogP contribution in [0.5, 0.6) is 0 Å². The molecule has 12 heteroatoms. The summed E-state index contributed by atoms with van der Waals surface area (Å²) in [6, 6.07) is 8.55. The van der Waals surface area contributed by atoms with Crippen molar-refractivity contribution in [1.29, 1.82) is 0 Å². The first kappa shape index (κ1) is 30.1. The first-order valence-electron chi connectivity index (χ1n) is 16.3. The highest BCUT2D eigenvalue weighted by atomic mass is 16.2. The third kappa shape index (κ3) is 5.77. The Kier molecular flexibility index (Phi) is 8.06. The predicted molar refractivity (Wildman–Crippen MR) is 173 cm³/mol. The highest BCUT2D eigenvalue weighted by Gasteiger charge is 2.42. The summed E-state index contributed by atoms with van der Waals surface area (Å²) in [7, 11) is 2.16. The molecule has 12 nitrogen and oxygen atoms in total. The number of carbonyl (C=O) groups is 4. The molecule has 1 aromatic carbocycles. The minimum atomic E-state index is -1.15. The Morgan fingerprint density at radius 1 is 1.04 bits per heavy atom. The molecule has 4 aliphatic rings. The SMILES string of the molecule is CN1CCN(c2ccc(-c3cn(C4CC(CNc5ccc6c(c5)C(=O)N(C(CCC=O)C(N)=O)C6=O)C4)nc3C3CC3)nc2)CC1. The number of aldehydes is 1. The zero-order valence-corrected chi connectivity index (χ0v) is 26.1. The molecule has 7 rings (SSSR count). The summed E-state index contributed by atoms with van der Waals surface area (Å²) >= 11 is 0. The molecular formula is C34H40N8O4. The van der Waals surface area contributed by atoms with Crippen molar-refractivity contribution in [3.63, 3.8) is 0 Å². The molecule has 0 bridgehead atoms. The van der Waals surface area contributed by atoms with E-state index < -0.39 is 23.8 Å². The minimum Gasteiger partial charge on any atom is -0.385 e. The van der Waals surface area contributed by atoms with E-state index in [1.807, 2.05) is 6.20 Å². The number of nitrogens with zero attached hydrogens (tertiary/aromatic N) is 6. The summed E-state index contributed by atoms with van der Waals surface area (Å²) in [5.41, 5.74) is 11.1. The zero-order valence-electron chi connectivity index (χ0n) is 26.1. The fraction of sp³-hybridized carbons (Fsp3) is 0.471. The van der Waals surface area contributed by atoms with Gasteiger partial charge in [-0.25, -0.2) is 0 Å². The van der Waals surface area contributed by atoms with Crippen LogP contribution in [-0.2, 0) is 9.59 Å². The van der Waals surface area contributed by atoms with Gasteiger partial charge in [-0.2, -0.15) is 5.10 Å². The number of hydrogen-bond acceptors (Lipinski definition) is 9. The Morgan fingerprint density at radius 3 is 2.48 bits per heavy atom. The summed E-state index contributed by atoms with van der Waals surface area (Å²) in [5.74, 6) is -0.979. The molecule has 2 aromatic heterocycles. The molecule has 3 aromatic rings. The van der Waals surface area contributed by atoms with Crippen LogP contribution in [0, 0.1) is 5.92 Å². The number of primary amides is 1. The van der Waals surface area contributed by atoms with E-state index in [2.05, 4.69) is 45.2 Å². The van der Waals surface area contributed by atoms with E-state index in [0.717, 1.165) is 73.1 Å². The number of pyridine rings is 1. The summed E-state index contributed by atoms with van der Waals surface area (Å²) in [6.07, 6.45) is 9.19. The average Bonchev–Trinajstić information content (AvgIpc) is 3.75. The smallest absolute Gasteiger partial charge is 0.262 e. The standard InChI is InChI=1S/C34H40N8O4/c1-39-10-12-40(13-11-39)24-7-9-29(37-19-24)28-20-41(38-31(28)22-4-5-22)25-15-21(16-25)18-36-23-6-8-26-27(17-23)34(46)42(33(26)45)30(32(35)44)3-2-14-43/h6-9,14,17,19-22,25,30,36H,2-5,10-13,15-16,18H2,1H3,(H2,35,44). The van der Waals surface area contributed by atoms with Gasteiger partial charge in [-0.05, 0) is 75.4 Å². The van der Waals surface area contributed by atoms with E-state index in [9.17, 15) is 19.2 Å². The molecule has 240 valence electrons. The Balaban J connectivity index is 0.968. The summed E-state index contributed by atoms with van der Waals surface area (Å²) < 4.78 is 2.14. The van der Waals surface area contributed by atoms with Crippen LogP contribution in [0.1, 0.15) is 76.9 Å². The molecule has 46 heavy (non-hydrogen) atoms. The topological polar surface area (TPSA) is 147 Å². The normalized spacial score (nSPS) is 22.0. The molecule has 1 atom stereocenters. The third-order valence-corrected chi connectivity index (χ3v) is 9.91. The number of hydrogen-bond donors (Lipinski definition) is 2. The van der Waals surface area contributed by atoms with Gasteiger partial charge >= 0.3 is 0 Å². The van der Waals surface area contributed by atoms with Crippen LogP contribution < -0.4 is 16.0 Å². The number of carbonyl (C=O) groups excluding carboxylic acids is 4. The highest BCUT2D eigenvalue weighted by Crippen LogP contribution is 2.45. The van der Waals surface area contributed by atoms with Crippen LogP contribution in [0.4, 0.5) is 11.4 Å². The van der Waals surface area contributed by atoms with Gasteiger partial charge in [0.1, 0.15) is 12.3 Å². The van der Waals surface area contributed by atoms with Crippen molar-refractivity contribution in [2.75, 3.05) is 50.0 Å². The minimum absolute atomic E-state index is 0.0118. The number of fused-ring (bicyclic) bond motifs is 1. The first-order valence-corrected chi connectivity index (χ1v) is 16.3. The van der Waals surface area contributed by atoms with Crippen molar-refractivity contribution in [2.45, 2.75) is 56.5 Å². The van der Waals surface area contributed by atoms with Gasteiger partial charge in [0, 0.05) is 62.5 Å². The van der Waals surface area contributed by atoms with Crippen molar-refractivity contribution >= 4 is 35.4 Å². The fourth-order valence-corrected chi connectivity index (χ4v) is 6.87. The second-order valence-corrected chi connectivity index (χ2v) is 13.1.